The standard InChI is InChI=1S/C26H22N6O3S/c33-21(28-26-30-29-24(36-26)20-10-5-13-35-20)14-32-19-9-4-2-6-15(19)16-11-12-31-23(22(16)32)27-18-8-3-1-7-17(18)25(31)34/h1-4,6-9,20H,5,10-14H2,(H,28,30,33). The van der Waals surface area contributed by atoms with E-state index in [-0.39, 0.29) is 24.1 Å². The van der Waals surface area contributed by atoms with Crippen molar-refractivity contribution in [1.82, 2.24) is 24.3 Å². The quantitative estimate of drug-likeness (QED) is 0.403. The lowest BCUT2D eigenvalue weighted by Gasteiger charge is -2.21. The number of nitrogens with zero attached hydrogens (tertiary/aromatic N) is 5. The molecular formula is C26H22N6O3S. The van der Waals surface area contributed by atoms with Crippen LogP contribution in [0.4, 0.5) is 5.13 Å². The molecule has 2 aromatic carbocycles. The average Bonchev–Trinajstić information content (AvgIpc) is 3.65. The Morgan fingerprint density at radius 2 is 1.94 bits per heavy atom. The summed E-state index contributed by atoms with van der Waals surface area (Å²) in [6.45, 7) is 1.34. The Hall–Kier alpha value is -3.89. The fourth-order valence-electron chi connectivity index (χ4n) is 5.32. The fourth-order valence-corrected chi connectivity index (χ4v) is 6.16. The van der Waals surface area contributed by atoms with Crippen LogP contribution in [0.1, 0.15) is 29.5 Å². The van der Waals surface area contributed by atoms with E-state index in [2.05, 4.69) is 21.6 Å². The lowest BCUT2D eigenvalue weighted by atomic mass is 10.0. The van der Waals surface area contributed by atoms with Crippen molar-refractivity contribution in [3.05, 3.63) is 69.5 Å². The summed E-state index contributed by atoms with van der Waals surface area (Å²) < 4.78 is 9.38. The van der Waals surface area contributed by atoms with E-state index in [1.165, 1.54) is 11.3 Å². The molecule has 2 aliphatic heterocycles. The summed E-state index contributed by atoms with van der Waals surface area (Å²) in [6, 6.07) is 15.4. The number of carbonyl (C=O) groups excluding carboxylic acids is 1. The summed E-state index contributed by atoms with van der Waals surface area (Å²) in [6.07, 6.45) is 2.58. The Kier molecular flexibility index (Phi) is 4.96. The van der Waals surface area contributed by atoms with E-state index in [9.17, 15) is 9.59 Å². The van der Waals surface area contributed by atoms with E-state index >= 15 is 0 Å². The minimum absolute atomic E-state index is 0.0377. The monoisotopic (exact) mass is 498 g/mol. The number of aromatic nitrogens is 5. The highest BCUT2D eigenvalue weighted by Crippen LogP contribution is 2.37. The molecule has 1 atom stereocenters. The molecule has 1 unspecified atom stereocenters. The molecule has 1 amide bonds. The molecule has 3 aromatic heterocycles. The van der Waals surface area contributed by atoms with Gasteiger partial charge in [0, 0.05) is 24.1 Å². The Bertz CT molecular complexity index is 1710. The third kappa shape index (κ3) is 3.36. The van der Waals surface area contributed by atoms with E-state index in [0.717, 1.165) is 46.6 Å². The number of hydrogen-bond acceptors (Lipinski definition) is 7. The van der Waals surface area contributed by atoms with Crippen LogP contribution in [-0.2, 0) is 29.0 Å². The van der Waals surface area contributed by atoms with Crippen molar-refractivity contribution in [3.63, 3.8) is 0 Å². The first-order valence-electron chi connectivity index (χ1n) is 12.0. The zero-order chi connectivity index (χ0) is 24.2. The van der Waals surface area contributed by atoms with Crippen molar-refractivity contribution in [1.29, 1.82) is 0 Å². The van der Waals surface area contributed by atoms with Gasteiger partial charge in [-0.1, -0.05) is 41.7 Å². The Morgan fingerprint density at radius 1 is 1.11 bits per heavy atom. The number of rotatable bonds is 4. The van der Waals surface area contributed by atoms with Crippen LogP contribution in [0.25, 0.3) is 33.3 Å². The van der Waals surface area contributed by atoms with Crippen LogP contribution in [0.5, 0.6) is 0 Å². The molecule has 10 heteroatoms. The molecule has 0 bridgehead atoms. The van der Waals surface area contributed by atoms with Crippen molar-refractivity contribution in [3.8, 4) is 11.5 Å². The van der Waals surface area contributed by atoms with Crippen molar-refractivity contribution >= 4 is 44.2 Å². The largest absolute Gasteiger partial charge is 0.371 e. The van der Waals surface area contributed by atoms with Gasteiger partial charge in [0.25, 0.3) is 5.56 Å². The first kappa shape index (κ1) is 21.4. The first-order chi connectivity index (χ1) is 17.7. The number of aryl methyl sites for hydroxylation is 1. The van der Waals surface area contributed by atoms with Crippen molar-refractivity contribution in [2.45, 2.75) is 38.5 Å². The predicted molar refractivity (Wildman–Crippen MR) is 137 cm³/mol. The minimum Gasteiger partial charge on any atom is -0.371 e. The molecule has 7 rings (SSSR count). The maximum Gasteiger partial charge on any atom is 0.261 e. The highest BCUT2D eigenvalue weighted by atomic mass is 32.1. The predicted octanol–water partition coefficient (Wildman–Crippen LogP) is 3.92. The minimum atomic E-state index is -0.214. The van der Waals surface area contributed by atoms with Gasteiger partial charge in [-0.3, -0.25) is 19.5 Å². The fraction of sp³-hybridized carbons (Fsp3) is 0.269. The summed E-state index contributed by atoms with van der Waals surface area (Å²) in [5, 5.41) is 14.2. The number of ether oxygens (including phenoxy) is 1. The Labute approximate surface area is 209 Å². The molecule has 5 aromatic rings. The van der Waals surface area contributed by atoms with Crippen LogP contribution in [-0.4, -0.2) is 36.8 Å². The van der Waals surface area contributed by atoms with Crippen LogP contribution >= 0.6 is 11.3 Å². The van der Waals surface area contributed by atoms with Gasteiger partial charge in [0.15, 0.2) is 5.82 Å². The van der Waals surface area contributed by atoms with Gasteiger partial charge >= 0.3 is 0 Å². The molecule has 0 aliphatic carbocycles. The van der Waals surface area contributed by atoms with Crippen LogP contribution < -0.4 is 10.9 Å². The van der Waals surface area contributed by atoms with Crippen LogP contribution in [0.3, 0.4) is 0 Å². The molecule has 1 N–H and O–H groups in total. The SMILES string of the molecule is O=C(Cn1c2c(c3ccccc31)CCn1c-2nc2ccccc2c1=O)Nc1nnc(C2CCCO2)s1. The molecule has 1 fully saturated rings. The first-order valence-corrected chi connectivity index (χ1v) is 12.8. The maximum atomic E-state index is 13.3. The molecule has 2 aliphatic rings. The van der Waals surface area contributed by atoms with Gasteiger partial charge in [0.05, 0.1) is 16.6 Å². The van der Waals surface area contributed by atoms with Crippen LogP contribution in [0.2, 0.25) is 0 Å². The zero-order valence-corrected chi connectivity index (χ0v) is 20.1. The normalized spacial score (nSPS) is 16.8. The van der Waals surface area contributed by atoms with Gasteiger partial charge in [0.1, 0.15) is 17.7 Å². The summed E-state index contributed by atoms with van der Waals surface area (Å²) in [7, 11) is 0. The smallest absolute Gasteiger partial charge is 0.261 e. The van der Waals surface area contributed by atoms with Gasteiger partial charge in [-0.15, -0.1) is 10.2 Å². The van der Waals surface area contributed by atoms with Gasteiger partial charge in [-0.05, 0) is 43.0 Å². The Balaban J connectivity index is 1.30. The molecule has 0 saturated carbocycles. The van der Waals surface area contributed by atoms with Gasteiger partial charge in [0.2, 0.25) is 11.0 Å². The highest BCUT2D eigenvalue weighted by Gasteiger charge is 2.28. The third-order valence-electron chi connectivity index (χ3n) is 6.93. The van der Waals surface area contributed by atoms with E-state index < -0.39 is 0 Å². The molecular weight excluding hydrogens is 476 g/mol. The summed E-state index contributed by atoms with van der Waals surface area (Å²) in [5.41, 5.74) is 3.46. The number of fused-ring (bicyclic) bond motifs is 6. The molecule has 36 heavy (non-hydrogen) atoms. The average molecular weight is 499 g/mol. The van der Waals surface area contributed by atoms with Crippen molar-refractivity contribution < 1.29 is 9.53 Å². The summed E-state index contributed by atoms with van der Waals surface area (Å²) in [5.74, 6) is 0.384. The van der Waals surface area contributed by atoms with E-state index in [0.29, 0.717) is 34.8 Å². The topological polar surface area (TPSA) is 104 Å². The maximum absolute atomic E-state index is 13.3. The molecule has 1 saturated heterocycles. The third-order valence-corrected chi connectivity index (χ3v) is 7.86. The van der Waals surface area contributed by atoms with Gasteiger partial charge in [-0.2, -0.15) is 0 Å². The van der Waals surface area contributed by atoms with Gasteiger partial charge < -0.3 is 9.30 Å². The van der Waals surface area contributed by atoms with Crippen LogP contribution in [0.15, 0.2) is 53.3 Å². The second kappa shape index (κ2) is 8.35. The number of hydrogen-bond donors (Lipinski definition) is 1. The van der Waals surface area contributed by atoms with Crippen molar-refractivity contribution in [2.24, 2.45) is 0 Å². The lowest BCUT2D eigenvalue weighted by Crippen LogP contribution is -2.29. The van der Waals surface area contributed by atoms with E-state index in [1.807, 2.05) is 47.0 Å². The van der Waals surface area contributed by atoms with Crippen LogP contribution in [0, 0.1) is 0 Å². The Morgan fingerprint density at radius 3 is 2.81 bits per heavy atom. The van der Waals surface area contributed by atoms with Gasteiger partial charge in [-0.25, -0.2) is 4.98 Å². The second-order valence-electron chi connectivity index (χ2n) is 9.09. The van der Waals surface area contributed by atoms with Crippen molar-refractivity contribution in [2.75, 3.05) is 11.9 Å². The molecule has 5 heterocycles. The number of nitrogens with one attached hydrogen (secondary N) is 1. The molecule has 0 spiro atoms. The number of carbonyl (C=O) groups is 1. The number of benzene rings is 2. The number of anilines is 1. The highest BCUT2D eigenvalue weighted by molar-refractivity contribution is 7.15. The zero-order valence-electron chi connectivity index (χ0n) is 19.3. The summed E-state index contributed by atoms with van der Waals surface area (Å²) >= 11 is 1.35. The summed E-state index contributed by atoms with van der Waals surface area (Å²) in [4.78, 5) is 31.4. The molecule has 9 nitrogen and oxygen atoms in total. The van der Waals surface area contributed by atoms with E-state index in [1.54, 1.807) is 4.57 Å². The number of para-hydroxylation sites is 2. The molecule has 180 valence electrons. The van der Waals surface area contributed by atoms with E-state index in [4.69, 9.17) is 9.72 Å². The molecule has 0 radical (unpaired) electrons. The lowest BCUT2D eigenvalue weighted by molar-refractivity contribution is -0.116. The number of amides is 1. The second-order valence-corrected chi connectivity index (χ2v) is 10.1.